The van der Waals surface area contributed by atoms with E-state index in [9.17, 15) is 0 Å². The van der Waals surface area contributed by atoms with Gasteiger partial charge in [-0.3, -0.25) is 0 Å². The van der Waals surface area contributed by atoms with Crippen molar-refractivity contribution in [1.29, 1.82) is 0 Å². The highest BCUT2D eigenvalue weighted by molar-refractivity contribution is 7.98. The molecule has 102 valence electrons. The maximum absolute atomic E-state index is 5.88. The van der Waals surface area contributed by atoms with E-state index in [4.69, 9.17) is 10.3 Å². The number of aromatic nitrogens is 2. The van der Waals surface area contributed by atoms with Crippen molar-refractivity contribution in [3.63, 3.8) is 0 Å². The zero-order valence-corrected chi connectivity index (χ0v) is 12.1. The van der Waals surface area contributed by atoms with Gasteiger partial charge >= 0.3 is 0 Å². The smallest absolute Gasteiger partial charge is 0.237 e. The standard InChI is InChI=1S/C14H19N3OS/c1-3-5-13-16-14(18-17-13)9-19-12-7-4-6-11(8-12)10(2)15/h4,6-8,10H,3,5,9,15H2,1-2H3. The van der Waals surface area contributed by atoms with Gasteiger partial charge in [0, 0.05) is 17.4 Å². The molecule has 2 rings (SSSR count). The third kappa shape index (κ3) is 4.08. The molecule has 0 radical (unpaired) electrons. The van der Waals surface area contributed by atoms with Gasteiger partial charge in [-0.05, 0) is 31.0 Å². The number of nitrogens with zero attached hydrogens (tertiary/aromatic N) is 2. The Balaban J connectivity index is 1.95. The lowest BCUT2D eigenvalue weighted by molar-refractivity contribution is 0.384. The second-order valence-electron chi connectivity index (χ2n) is 4.50. The molecule has 0 bridgehead atoms. The van der Waals surface area contributed by atoms with E-state index in [-0.39, 0.29) is 6.04 Å². The van der Waals surface area contributed by atoms with Crippen molar-refractivity contribution in [2.45, 2.75) is 43.4 Å². The predicted octanol–water partition coefficient (Wildman–Crippen LogP) is 3.33. The third-order valence-corrected chi connectivity index (χ3v) is 3.71. The summed E-state index contributed by atoms with van der Waals surface area (Å²) < 4.78 is 5.21. The second-order valence-corrected chi connectivity index (χ2v) is 5.55. The van der Waals surface area contributed by atoms with Crippen LogP contribution < -0.4 is 5.73 Å². The monoisotopic (exact) mass is 277 g/mol. The highest BCUT2D eigenvalue weighted by atomic mass is 32.2. The molecule has 0 fully saturated rings. The van der Waals surface area contributed by atoms with Gasteiger partial charge in [0.05, 0.1) is 5.75 Å². The van der Waals surface area contributed by atoms with Gasteiger partial charge in [0.1, 0.15) is 0 Å². The first kappa shape index (κ1) is 14.1. The molecule has 2 N–H and O–H groups in total. The van der Waals surface area contributed by atoms with Crippen LogP contribution in [0.4, 0.5) is 0 Å². The van der Waals surface area contributed by atoms with E-state index in [1.54, 1.807) is 11.8 Å². The highest BCUT2D eigenvalue weighted by Gasteiger charge is 2.07. The van der Waals surface area contributed by atoms with Crippen molar-refractivity contribution in [1.82, 2.24) is 10.1 Å². The lowest BCUT2D eigenvalue weighted by atomic mass is 10.1. The molecule has 1 atom stereocenters. The quantitative estimate of drug-likeness (QED) is 0.820. The van der Waals surface area contributed by atoms with Gasteiger partial charge in [0.15, 0.2) is 5.82 Å². The van der Waals surface area contributed by atoms with Gasteiger partial charge in [-0.2, -0.15) is 4.98 Å². The summed E-state index contributed by atoms with van der Waals surface area (Å²) in [5, 5.41) is 3.94. The molecule has 2 aromatic rings. The molecule has 0 aliphatic carbocycles. The summed E-state index contributed by atoms with van der Waals surface area (Å²) in [5.41, 5.74) is 7.02. The van der Waals surface area contributed by atoms with Crippen LogP contribution in [0.2, 0.25) is 0 Å². The fourth-order valence-corrected chi connectivity index (χ4v) is 2.51. The minimum atomic E-state index is 0.0557. The van der Waals surface area contributed by atoms with Crippen LogP contribution in [0.5, 0.6) is 0 Å². The fraction of sp³-hybridized carbons (Fsp3) is 0.429. The highest BCUT2D eigenvalue weighted by Crippen LogP contribution is 2.24. The number of rotatable bonds is 6. The van der Waals surface area contributed by atoms with Crippen LogP contribution in [-0.2, 0) is 12.2 Å². The number of benzene rings is 1. The van der Waals surface area contributed by atoms with Crippen LogP contribution >= 0.6 is 11.8 Å². The van der Waals surface area contributed by atoms with Gasteiger partial charge in [0.25, 0.3) is 0 Å². The van der Waals surface area contributed by atoms with E-state index < -0.39 is 0 Å². The van der Waals surface area contributed by atoms with Crippen molar-refractivity contribution < 1.29 is 4.52 Å². The van der Waals surface area contributed by atoms with Crippen molar-refractivity contribution in [3.8, 4) is 0 Å². The minimum Gasteiger partial charge on any atom is -0.338 e. The number of hydrogen-bond acceptors (Lipinski definition) is 5. The molecule has 0 spiro atoms. The van der Waals surface area contributed by atoms with Gasteiger partial charge < -0.3 is 10.3 Å². The van der Waals surface area contributed by atoms with Crippen LogP contribution in [0.1, 0.15) is 43.6 Å². The number of thioether (sulfide) groups is 1. The molecule has 0 aliphatic heterocycles. The summed E-state index contributed by atoms with van der Waals surface area (Å²) in [6, 6.07) is 8.30. The van der Waals surface area contributed by atoms with E-state index in [0.717, 1.165) is 24.2 Å². The summed E-state index contributed by atoms with van der Waals surface area (Å²) >= 11 is 1.68. The molecule has 0 amide bonds. The van der Waals surface area contributed by atoms with E-state index in [2.05, 4.69) is 29.2 Å². The molecule has 1 heterocycles. The Bertz CT molecular complexity index is 525. The van der Waals surface area contributed by atoms with Gasteiger partial charge in [-0.25, -0.2) is 0 Å². The maximum Gasteiger partial charge on any atom is 0.237 e. The van der Waals surface area contributed by atoms with Crippen molar-refractivity contribution in [2.75, 3.05) is 0 Å². The van der Waals surface area contributed by atoms with Crippen LogP contribution in [0, 0.1) is 0 Å². The summed E-state index contributed by atoms with van der Waals surface area (Å²) in [4.78, 5) is 5.52. The molecule has 1 aromatic heterocycles. The molecule has 0 saturated heterocycles. The molecule has 0 aliphatic rings. The summed E-state index contributed by atoms with van der Waals surface area (Å²) in [5.74, 6) is 2.17. The van der Waals surface area contributed by atoms with Crippen molar-refractivity contribution in [2.24, 2.45) is 5.73 Å². The summed E-state index contributed by atoms with van der Waals surface area (Å²) in [6.07, 6.45) is 1.90. The summed E-state index contributed by atoms with van der Waals surface area (Å²) in [6.45, 7) is 4.09. The SMILES string of the molecule is CCCc1noc(CSc2cccc(C(C)N)c2)n1. The average molecular weight is 277 g/mol. The lowest BCUT2D eigenvalue weighted by Gasteiger charge is -2.06. The maximum atomic E-state index is 5.88. The Morgan fingerprint density at radius 1 is 1.42 bits per heavy atom. The molecule has 19 heavy (non-hydrogen) atoms. The van der Waals surface area contributed by atoms with Crippen LogP contribution in [0.25, 0.3) is 0 Å². The normalized spacial score (nSPS) is 12.6. The average Bonchev–Trinajstić information content (AvgIpc) is 2.85. The number of hydrogen-bond donors (Lipinski definition) is 1. The van der Waals surface area contributed by atoms with Gasteiger partial charge in [-0.1, -0.05) is 24.2 Å². The van der Waals surface area contributed by atoms with Gasteiger partial charge in [0.2, 0.25) is 5.89 Å². The van der Waals surface area contributed by atoms with E-state index >= 15 is 0 Å². The predicted molar refractivity (Wildman–Crippen MR) is 76.9 cm³/mol. The number of aryl methyl sites for hydroxylation is 1. The Morgan fingerprint density at radius 2 is 2.26 bits per heavy atom. The molecular formula is C14H19N3OS. The third-order valence-electron chi connectivity index (χ3n) is 2.73. The molecule has 1 unspecified atom stereocenters. The summed E-state index contributed by atoms with van der Waals surface area (Å²) in [7, 11) is 0. The van der Waals surface area contributed by atoms with Crippen LogP contribution in [-0.4, -0.2) is 10.1 Å². The van der Waals surface area contributed by atoms with Crippen LogP contribution in [0.3, 0.4) is 0 Å². The minimum absolute atomic E-state index is 0.0557. The number of nitrogens with two attached hydrogens (primary N) is 1. The Hall–Kier alpha value is -1.33. The van der Waals surface area contributed by atoms with Gasteiger partial charge in [-0.15, -0.1) is 11.8 Å². The zero-order chi connectivity index (χ0) is 13.7. The van der Waals surface area contributed by atoms with E-state index in [0.29, 0.717) is 11.6 Å². The van der Waals surface area contributed by atoms with Crippen molar-refractivity contribution >= 4 is 11.8 Å². The topological polar surface area (TPSA) is 64.9 Å². The Morgan fingerprint density at radius 3 is 3.00 bits per heavy atom. The lowest BCUT2D eigenvalue weighted by Crippen LogP contribution is -2.04. The van der Waals surface area contributed by atoms with Crippen LogP contribution in [0.15, 0.2) is 33.7 Å². The first-order chi connectivity index (χ1) is 9.19. The molecular weight excluding hydrogens is 258 g/mol. The second kappa shape index (κ2) is 6.73. The Labute approximate surface area is 117 Å². The first-order valence-corrected chi connectivity index (χ1v) is 7.47. The molecule has 5 heteroatoms. The Kier molecular flexibility index (Phi) is 4.99. The van der Waals surface area contributed by atoms with E-state index in [1.807, 2.05) is 19.1 Å². The molecule has 1 aromatic carbocycles. The fourth-order valence-electron chi connectivity index (χ4n) is 1.71. The van der Waals surface area contributed by atoms with Crippen molar-refractivity contribution in [3.05, 3.63) is 41.5 Å². The first-order valence-electron chi connectivity index (χ1n) is 6.49. The molecule has 0 saturated carbocycles. The zero-order valence-electron chi connectivity index (χ0n) is 11.3. The molecule has 4 nitrogen and oxygen atoms in total. The van der Waals surface area contributed by atoms with E-state index in [1.165, 1.54) is 4.90 Å². The largest absolute Gasteiger partial charge is 0.338 e.